The molecule has 0 N–H and O–H groups in total. The predicted octanol–water partition coefficient (Wildman–Crippen LogP) is 5.18. The minimum Gasteiger partial charge on any atom is -0.438 e. The van der Waals surface area contributed by atoms with Crippen molar-refractivity contribution in [3.05, 3.63) is 76.2 Å². The molecule has 2 aliphatic heterocycles. The Bertz CT molecular complexity index is 1260. The first-order valence-electron chi connectivity index (χ1n) is 11.7. The fraction of sp³-hybridized carbons (Fsp3) is 0.346. The van der Waals surface area contributed by atoms with Crippen molar-refractivity contribution in [2.75, 3.05) is 24.5 Å². The molecule has 1 aromatic heterocycles. The van der Waals surface area contributed by atoms with Crippen LogP contribution in [0.25, 0.3) is 0 Å². The first-order chi connectivity index (χ1) is 16.9. The quantitative estimate of drug-likeness (QED) is 0.513. The Kier molecular flexibility index (Phi) is 6.32. The first-order valence-corrected chi connectivity index (χ1v) is 11.7. The lowest BCUT2D eigenvalue weighted by atomic mass is 10.0. The number of carbonyl (C=O) groups excluding carboxylic acids is 1. The van der Waals surface area contributed by atoms with Crippen LogP contribution in [0.4, 0.5) is 19.1 Å². The first kappa shape index (κ1) is 23.1. The Morgan fingerprint density at radius 2 is 1.69 bits per heavy atom. The van der Waals surface area contributed by atoms with Crippen LogP contribution in [-0.2, 0) is 13.0 Å². The maximum absolute atomic E-state index is 14.3. The Balaban J connectivity index is 1.51. The van der Waals surface area contributed by atoms with Gasteiger partial charge >= 0.3 is 0 Å². The summed E-state index contributed by atoms with van der Waals surface area (Å²) in [7, 11) is 0. The molecule has 2 aromatic carbocycles. The monoisotopic (exact) mass is 482 g/mol. The number of benzene rings is 2. The van der Waals surface area contributed by atoms with Gasteiger partial charge in [0, 0.05) is 26.1 Å². The van der Waals surface area contributed by atoms with Crippen molar-refractivity contribution in [1.29, 1.82) is 0 Å². The van der Waals surface area contributed by atoms with E-state index in [1.54, 1.807) is 13.0 Å². The molecule has 0 spiro atoms. The molecule has 1 saturated heterocycles. The number of hydrogen-bond donors (Lipinski definition) is 0. The maximum atomic E-state index is 14.3. The molecule has 0 saturated carbocycles. The van der Waals surface area contributed by atoms with Gasteiger partial charge in [0.25, 0.3) is 5.91 Å². The summed E-state index contributed by atoms with van der Waals surface area (Å²) in [4.78, 5) is 25.9. The number of fused-ring (bicyclic) bond motifs is 1. The van der Waals surface area contributed by atoms with E-state index in [0.717, 1.165) is 50.2 Å². The van der Waals surface area contributed by atoms with Gasteiger partial charge in [0.05, 0.1) is 17.8 Å². The molecule has 3 heterocycles. The molecule has 0 radical (unpaired) electrons. The summed E-state index contributed by atoms with van der Waals surface area (Å²) in [5.41, 5.74) is 1.14. The Morgan fingerprint density at radius 3 is 2.40 bits per heavy atom. The number of piperidine rings is 1. The zero-order valence-corrected chi connectivity index (χ0v) is 19.4. The standard InChI is InChI=1S/C26H25F3N4O2/c1-16-14-17(8-9-19(16)27)35-24-18-15-33(25(34)23-20(28)6-5-7-21(23)29)13-10-22(18)30-26(31-24)32-11-3-2-4-12-32/h5-9,14H,2-4,10-13,15H2,1H3. The van der Waals surface area contributed by atoms with Crippen molar-refractivity contribution in [2.24, 2.45) is 0 Å². The van der Waals surface area contributed by atoms with E-state index in [2.05, 4.69) is 9.88 Å². The van der Waals surface area contributed by atoms with E-state index in [1.807, 2.05) is 0 Å². The van der Waals surface area contributed by atoms with Crippen LogP contribution in [-0.4, -0.2) is 40.4 Å². The number of rotatable bonds is 4. The molecule has 0 unspecified atom stereocenters. The van der Waals surface area contributed by atoms with Crippen LogP contribution in [0.1, 0.15) is 46.4 Å². The second-order valence-electron chi connectivity index (χ2n) is 8.89. The highest BCUT2D eigenvalue weighted by Gasteiger charge is 2.31. The van der Waals surface area contributed by atoms with E-state index in [-0.39, 0.29) is 24.8 Å². The minimum absolute atomic E-state index is 0.0394. The lowest BCUT2D eigenvalue weighted by Gasteiger charge is -2.32. The summed E-state index contributed by atoms with van der Waals surface area (Å²) >= 11 is 0. The number of nitrogens with zero attached hydrogens (tertiary/aromatic N) is 4. The van der Waals surface area contributed by atoms with Gasteiger partial charge in [-0.25, -0.2) is 18.2 Å². The summed E-state index contributed by atoms with van der Waals surface area (Å²) in [5, 5.41) is 0. The van der Waals surface area contributed by atoms with Crippen molar-refractivity contribution < 1.29 is 22.7 Å². The highest BCUT2D eigenvalue weighted by molar-refractivity contribution is 5.95. The Hall–Kier alpha value is -3.62. The Morgan fingerprint density at radius 1 is 0.943 bits per heavy atom. The fourth-order valence-corrected chi connectivity index (χ4v) is 4.52. The SMILES string of the molecule is Cc1cc(Oc2nc(N3CCCCC3)nc3c2CN(C(=O)c2c(F)cccc2F)CC3)ccc1F. The summed E-state index contributed by atoms with van der Waals surface area (Å²) in [6.45, 7) is 3.61. The van der Waals surface area contributed by atoms with Crippen molar-refractivity contribution in [3.8, 4) is 11.6 Å². The summed E-state index contributed by atoms with van der Waals surface area (Å²) in [6, 6.07) is 7.75. The molecule has 1 amide bonds. The second-order valence-corrected chi connectivity index (χ2v) is 8.89. The molecule has 35 heavy (non-hydrogen) atoms. The Labute approximate surface area is 201 Å². The van der Waals surface area contributed by atoms with Crippen LogP contribution in [0, 0.1) is 24.4 Å². The third kappa shape index (κ3) is 4.67. The van der Waals surface area contributed by atoms with Crippen LogP contribution in [0.2, 0.25) is 0 Å². The largest absolute Gasteiger partial charge is 0.438 e. The molecule has 0 bridgehead atoms. The third-order valence-corrected chi connectivity index (χ3v) is 6.46. The fourth-order valence-electron chi connectivity index (χ4n) is 4.52. The molecule has 182 valence electrons. The molecular formula is C26H25F3N4O2. The average molecular weight is 483 g/mol. The van der Waals surface area contributed by atoms with Crippen molar-refractivity contribution in [3.63, 3.8) is 0 Å². The van der Waals surface area contributed by atoms with Crippen molar-refractivity contribution in [1.82, 2.24) is 14.9 Å². The number of amides is 1. The van der Waals surface area contributed by atoms with Gasteiger partial charge in [-0.05, 0) is 62.1 Å². The molecule has 2 aliphatic rings. The van der Waals surface area contributed by atoms with Crippen molar-refractivity contribution in [2.45, 2.75) is 39.2 Å². The van der Waals surface area contributed by atoms with Crippen LogP contribution >= 0.6 is 0 Å². The topological polar surface area (TPSA) is 58.6 Å². The summed E-state index contributed by atoms with van der Waals surface area (Å²) < 4.78 is 48.4. The van der Waals surface area contributed by atoms with Gasteiger partial charge in [0.1, 0.15) is 28.8 Å². The summed E-state index contributed by atoms with van der Waals surface area (Å²) in [6.07, 6.45) is 3.64. The van der Waals surface area contributed by atoms with E-state index in [9.17, 15) is 18.0 Å². The van der Waals surface area contributed by atoms with Crippen molar-refractivity contribution >= 4 is 11.9 Å². The van der Waals surface area contributed by atoms with E-state index < -0.39 is 23.1 Å². The average Bonchev–Trinajstić information content (AvgIpc) is 2.86. The van der Waals surface area contributed by atoms with E-state index in [0.29, 0.717) is 29.2 Å². The van der Waals surface area contributed by atoms with Crippen LogP contribution in [0.3, 0.4) is 0 Å². The molecule has 5 rings (SSSR count). The summed E-state index contributed by atoms with van der Waals surface area (Å²) in [5.74, 6) is -1.69. The number of hydrogen-bond acceptors (Lipinski definition) is 5. The van der Waals surface area contributed by atoms with Gasteiger partial charge in [0.15, 0.2) is 0 Å². The normalized spacial score (nSPS) is 15.7. The number of ether oxygens (including phenoxy) is 1. The van der Waals surface area contributed by atoms with E-state index >= 15 is 0 Å². The maximum Gasteiger partial charge on any atom is 0.260 e. The number of anilines is 1. The lowest BCUT2D eigenvalue weighted by molar-refractivity contribution is 0.0722. The molecule has 0 atom stereocenters. The smallest absolute Gasteiger partial charge is 0.260 e. The van der Waals surface area contributed by atoms with Gasteiger partial charge in [0.2, 0.25) is 11.8 Å². The van der Waals surface area contributed by atoms with Crippen LogP contribution in [0.15, 0.2) is 36.4 Å². The van der Waals surface area contributed by atoms with E-state index in [4.69, 9.17) is 9.72 Å². The number of aromatic nitrogens is 2. The van der Waals surface area contributed by atoms with E-state index in [1.165, 1.54) is 23.1 Å². The predicted molar refractivity (Wildman–Crippen MR) is 124 cm³/mol. The highest BCUT2D eigenvalue weighted by atomic mass is 19.1. The van der Waals surface area contributed by atoms with Gasteiger partial charge < -0.3 is 14.5 Å². The molecule has 6 nitrogen and oxygen atoms in total. The molecule has 3 aromatic rings. The zero-order valence-electron chi connectivity index (χ0n) is 19.4. The van der Waals surface area contributed by atoms with Gasteiger partial charge in [-0.15, -0.1) is 0 Å². The van der Waals surface area contributed by atoms with Crippen LogP contribution < -0.4 is 9.64 Å². The zero-order chi connectivity index (χ0) is 24.5. The van der Waals surface area contributed by atoms with Gasteiger partial charge in [-0.2, -0.15) is 4.98 Å². The second kappa shape index (κ2) is 9.56. The minimum atomic E-state index is -0.907. The molecule has 9 heteroatoms. The van der Waals surface area contributed by atoms with Gasteiger partial charge in [-0.1, -0.05) is 6.07 Å². The molecular weight excluding hydrogens is 457 g/mol. The number of aryl methyl sites for hydroxylation is 1. The molecule has 0 aliphatic carbocycles. The lowest BCUT2D eigenvalue weighted by Crippen LogP contribution is -2.38. The molecule has 1 fully saturated rings. The number of halogens is 3. The highest BCUT2D eigenvalue weighted by Crippen LogP contribution is 2.33. The third-order valence-electron chi connectivity index (χ3n) is 6.46. The van der Waals surface area contributed by atoms with Gasteiger partial charge in [-0.3, -0.25) is 4.79 Å². The number of carbonyl (C=O) groups is 1. The van der Waals surface area contributed by atoms with Crippen LogP contribution in [0.5, 0.6) is 11.6 Å².